The maximum absolute atomic E-state index is 11.2. The number of rotatable bonds is 2. The molecular weight excluding hydrogens is 268 g/mol. The maximum atomic E-state index is 11.2. The zero-order valence-corrected chi connectivity index (χ0v) is 12.9. The molecule has 21 heavy (non-hydrogen) atoms. The third-order valence-electron chi connectivity index (χ3n) is 2.99. The molecule has 0 aromatic heterocycles. The van der Waals surface area contributed by atoms with E-state index >= 15 is 0 Å². The van der Waals surface area contributed by atoms with Gasteiger partial charge in [-0.25, -0.2) is 5.43 Å². The van der Waals surface area contributed by atoms with Crippen molar-refractivity contribution in [2.45, 2.75) is 20.3 Å². The van der Waals surface area contributed by atoms with Gasteiger partial charge in [0, 0.05) is 29.2 Å². The van der Waals surface area contributed by atoms with E-state index < -0.39 is 0 Å². The predicted molar refractivity (Wildman–Crippen MR) is 84.3 cm³/mol. The molecule has 0 saturated heterocycles. The van der Waals surface area contributed by atoms with Gasteiger partial charge in [0.2, 0.25) is 5.91 Å². The van der Waals surface area contributed by atoms with Crippen LogP contribution in [0.3, 0.4) is 0 Å². The van der Waals surface area contributed by atoms with Crippen molar-refractivity contribution in [3.8, 4) is 0 Å². The molecular formula is C15H22N4O2. The quantitative estimate of drug-likeness (QED) is 0.562. The van der Waals surface area contributed by atoms with Crippen LogP contribution < -0.4 is 16.5 Å². The van der Waals surface area contributed by atoms with E-state index in [0.717, 1.165) is 11.3 Å². The number of nitrogens with one attached hydrogen (secondary N) is 2. The van der Waals surface area contributed by atoms with Gasteiger partial charge < -0.3 is 11.1 Å². The lowest BCUT2D eigenvalue weighted by molar-refractivity contribution is -0.121. The molecule has 1 aliphatic rings. The number of benzene rings is 1. The number of anilines is 1. The van der Waals surface area contributed by atoms with Crippen LogP contribution in [0.5, 0.6) is 0 Å². The van der Waals surface area contributed by atoms with Crippen LogP contribution in [0.15, 0.2) is 23.3 Å². The van der Waals surface area contributed by atoms with Gasteiger partial charge in [0.25, 0.3) is 0 Å². The summed E-state index contributed by atoms with van der Waals surface area (Å²) in [7, 11) is 3.75. The third kappa shape index (κ3) is 4.39. The second-order valence-corrected chi connectivity index (χ2v) is 5.00. The molecule has 1 aliphatic heterocycles. The van der Waals surface area contributed by atoms with Crippen LogP contribution in [0.2, 0.25) is 0 Å². The predicted octanol–water partition coefficient (Wildman–Crippen LogP) is 1.17. The monoisotopic (exact) mass is 290 g/mol. The minimum absolute atomic E-state index is 0.0178. The van der Waals surface area contributed by atoms with E-state index in [-0.39, 0.29) is 17.6 Å². The van der Waals surface area contributed by atoms with Crippen molar-refractivity contribution >= 4 is 23.1 Å². The molecule has 1 atom stereocenters. The molecule has 1 unspecified atom stereocenters. The van der Waals surface area contributed by atoms with Crippen LogP contribution in [0.4, 0.5) is 5.69 Å². The first-order valence-electron chi connectivity index (χ1n) is 6.76. The summed E-state index contributed by atoms with van der Waals surface area (Å²) in [5.74, 6) is -0.102. The van der Waals surface area contributed by atoms with Crippen LogP contribution in [0, 0.1) is 5.92 Å². The highest BCUT2D eigenvalue weighted by molar-refractivity contribution is 6.09. The molecule has 4 N–H and O–H groups in total. The van der Waals surface area contributed by atoms with Gasteiger partial charge in [-0.05, 0) is 27.1 Å². The Morgan fingerprint density at radius 3 is 2.52 bits per heavy atom. The highest BCUT2D eigenvalue weighted by Gasteiger charge is 2.23. The summed E-state index contributed by atoms with van der Waals surface area (Å²) in [6.45, 7) is 3.42. The Hall–Kier alpha value is -2.21. The number of Topliss-reactive ketones (excluding diaryl/α,β-unsaturated/α-hetero) is 1. The summed E-state index contributed by atoms with van der Waals surface area (Å²) in [6.07, 6.45) is 0.396. The fourth-order valence-corrected chi connectivity index (χ4v) is 1.99. The Balaban J connectivity index is 0.000000677. The maximum Gasteiger partial charge on any atom is 0.240 e. The molecule has 1 aromatic rings. The van der Waals surface area contributed by atoms with Crippen molar-refractivity contribution in [1.82, 2.24) is 10.7 Å². The lowest BCUT2D eigenvalue weighted by Gasteiger charge is -2.20. The van der Waals surface area contributed by atoms with E-state index in [1.807, 2.05) is 21.0 Å². The number of nitrogens with zero attached hydrogens (tertiary/aromatic N) is 1. The van der Waals surface area contributed by atoms with Gasteiger partial charge in [0.1, 0.15) is 0 Å². The summed E-state index contributed by atoms with van der Waals surface area (Å²) in [4.78, 5) is 22.4. The van der Waals surface area contributed by atoms with E-state index in [4.69, 9.17) is 5.73 Å². The molecule has 1 amide bonds. The zero-order valence-electron chi connectivity index (χ0n) is 12.9. The van der Waals surface area contributed by atoms with Crippen molar-refractivity contribution in [1.29, 1.82) is 0 Å². The van der Waals surface area contributed by atoms with E-state index in [1.54, 1.807) is 18.2 Å². The number of hydrazone groups is 1. The molecule has 1 heterocycles. The Bertz CT molecular complexity index is 567. The molecule has 114 valence electrons. The first kappa shape index (κ1) is 16.8. The van der Waals surface area contributed by atoms with Gasteiger partial charge in [0.15, 0.2) is 5.78 Å². The van der Waals surface area contributed by atoms with E-state index in [2.05, 4.69) is 15.8 Å². The number of hydrogen-bond acceptors (Lipinski definition) is 5. The lowest BCUT2D eigenvalue weighted by Crippen LogP contribution is -2.32. The second kappa shape index (κ2) is 7.54. The van der Waals surface area contributed by atoms with E-state index in [9.17, 15) is 9.59 Å². The van der Waals surface area contributed by atoms with Gasteiger partial charge in [-0.15, -0.1) is 0 Å². The third-order valence-corrected chi connectivity index (χ3v) is 2.99. The van der Waals surface area contributed by atoms with Crippen molar-refractivity contribution in [3.05, 3.63) is 29.3 Å². The smallest absolute Gasteiger partial charge is 0.240 e. The topological polar surface area (TPSA) is 96.6 Å². The molecule has 0 saturated carbocycles. The summed E-state index contributed by atoms with van der Waals surface area (Å²) in [5.41, 5.74) is 11.0. The Morgan fingerprint density at radius 1 is 1.43 bits per heavy atom. The highest BCUT2D eigenvalue weighted by Crippen LogP contribution is 2.22. The van der Waals surface area contributed by atoms with Gasteiger partial charge in [-0.2, -0.15) is 5.10 Å². The van der Waals surface area contributed by atoms with Crippen LogP contribution in [-0.4, -0.2) is 31.5 Å². The summed E-state index contributed by atoms with van der Waals surface area (Å²) >= 11 is 0. The Labute approximate surface area is 124 Å². The average molecular weight is 290 g/mol. The van der Waals surface area contributed by atoms with Gasteiger partial charge in [-0.1, -0.05) is 19.1 Å². The first-order valence-corrected chi connectivity index (χ1v) is 6.76. The summed E-state index contributed by atoms with van der Waals surface area (Å²) < 4.78 is 0. The van der Waals surface area contributed by atoms with Crippen LogP contribution >= 0.6 is 0 Å². The van der Waals surface area contributed by atoms with Crippen molar-refractivity contribution < 1.29 is 9.59 Å². The van der Waals surface area contributed by atoms with Crippen molar-refractivity contribution in [2.75, 3.05) is 19.8 Å². The van der Waals surface area contributed by atoms with E-state index in [0.29, 0.717) is 17.7 Å². The number of nitrogens with two attached hydrogens (primary N) is 1. The molecule has 0 bridgehead atoms. The minimum Gasteiger partial charge on any atom is -0.398 e. The van der Waals surface area contributed by atoms with Crippen LogP contribution in [-0.2, 0) is 4.79 Å². The zero-order chi connectivity index (χ0) is 16.0. The Kier molecular flexibility index (Phi) is 6.05. The normalized spacial score (nSPS) is 17.2. The number of carbonyl (C=O) groups is 2. The van der Waals surface area contributed by atoms with Crippen LogP contribution in [0.25, 0.3) is 0 Å². The van der Waals surface area contributed by atoms with Gasteiger partial charge in [0.05, 0.1) is 5.71 Å². The molecule has 6 heteroatoms. The number of nitrogen functional groups attached to an aromatic ring is 1. The SMILES string of the molecule is CC(=O)c1ccc(C2=NNC(=O)CC2C)c(N)c1.CNC. The second-order valence-electron chi connectivity index (χ2n) is 5.00. The molecule has 2 rings (SSSR count). The standard InChI is InChI=1S/C13H15N3O2.C2H7N/c1-7-5-12(18)15-16-13(7)10-4-3-9(8(2)17)6-11(10)14;1-3-2/h3-4,6-7H,5,14H2,1-2H3,(H,15,18);3H,1-2H3. The molecule has 0 spiro atoms. The van der Waals surface area contributed by atoms with Crippen molar-refractivity contribution in [3.63, 3.8) is 0 Å². The lowest BCUT2D eigenvalue weighted by atomic mass is 9.92. The van der Waals surface area contributed by atoms with Gasteiger partial charge in [-0.3, -0.25) is 9.59 Å². The van der Waals surface area contributed by atoms with Crippen molar-refractivity contribution in [2.24, 2.45) is 11.0 Å². The fourth-order valence-electron chi connectivity index (χ4n) is 1.99. The molecule has 0 fully saturated rings. The molecule has 0 aliphatic carbocycles. The van der Waals surface area contributed by atoms with E-state index in [1.165, 1.54) is 6.92 Å². The molecule has 0 radical (unpaired) electrons. The van der Waals surface area contributed by atoms with Crippen LogP contribution in [0.1, 0.15) is 36.2 Å². The molecule has 1 aromatic carbocycles. The first-order chi connectivity index (χ1) is 9.90. The number of hydrogen-bond donors (Lipinski definition) is 3. The summed E-state index contributed by atoms with van der Waals surface area (Å²) in [6, 6.07) is 5.14. The summed E-state index contributed by atoms with van der Waals surface area (Å²) in [5, 5.41) is 6.80. The molecule has 6 nitrogen and oxygen atoms in total. The Morgan fingerprint density at radius 2 is 2.05 bits per heavy atom. The number of amides is 1. The van der Waals surface area contributed by atoms with Gasteiger partial charge >= 0.3 is 0 Å². The minimum atomic E-state index is -0.0924. The number of ketones is 1. The average Bonchev–Trinajstić information content (AvgIpc) is 2.40. The largest absolute Gasteiger partial charge is 0.398 e. The highest BCUT2D eigenvalue weighted by atomic mass is 16.2. The fraction of sp³-hybridized carbons (Fsp3) is 0.400. The number of carbonyl (C=O) groups excluding carboxylic acids is 2.